The Labute approximate surface area is 394 Å². The van der Waals surface area contributed by atoms with E-state index >= 15 is 0 Å². The molecule has 6 aromatic rings. The van der Waals surface area contributed by atoms with Gasteiger partial charge in [-0.1, -0.05) is 52.0 Å². The fourth-order valence-electron chi connectivity index (χ4n) is 9.93. The number of alkyl carbamates (subject to hydrolysis) is 2. The summed E-state index contributed by atoms with van der Waals surface area (Å²) in [4.78, 5) is 59.8. The van der Waals surface area contributed by atoms with Gasteiger partial charge in [0, 0.05) is 45.6 Å². The van der Waals surface area contributed by atoms with E-state index in [0.717, 1.165) is 92.4 Å². The second-order valence-electron chi connectivity index (χ2n) is 18.3. The lowest BCUT2D eigenvalue weighted by Gasteiger charge is -2.35. The predicted octanol–water partition coefficient (Wildman–Crippen LogP) is 8.63. The first-order valence-electron chi connectivity index (χ1n) is 23.0. The van der Waals surface area contributed by atoms with Crippen molar-refractivity contribution in [2.75, 3.05) is 33.6 Å². The second-order valence-corrected chi connectivity index (χ2v) is 19.1. The number of H-pyrrole nitrogens is 2. The van der Waals surface area contributed by atoms with E-state index in [0.29, 0.717) is 18.9 Å². The second kappa shape index (κ2) is 19.1. The van der Waals surface area contributed by atoms with Crippen molar-refractivity contribution in [2.45, 2.75) is 94.9 Å². The Morgan fingerprint density at radius 2 is 1.49 bits per heavy atom. The van der Waals surface area contributed by atoms with Gasteiger partial charge in [-0.2, -0.15) is 0 Å². The molecule has 6 unspecified atom stereocenters. The molecule has 0 aliphatic carbocycles. The number of thioether (sulfide) groups is 1. The summed E-state index contributed by atoms with van der Waals surface area (Å²) in [6.45, 7) is 8.98. The number of aromatic amines is 2. The van der Waals surface area contributed by atoms with Crippen molar-refractivity contribution in [3.63, 3.8) is 0 Å². The predicted molar refractivity (Wildman–Crippen MR) is 256 cm³/mol. The van der Waals surface area contributed by atoms with E-state index in [1.165, 1.54) is 14.2 Å². The van der Waals surface area contributed by atoms with Gasteiger partial charge in [0.25, 0.3) is 0 Å². The third-order valence-electron chi connectivity index (χ3n) is 13.5. The van der Waals surface area contributed by atoms with Gasteiger partial charge in [-0.15, -0.1) is 11.8 Å². The number of nitrogens with one attached hydrogen (secondary N) is 4. The third kappa shape index (κ3) is 8.87. The zero-order valence-electron chi connectivity index (χ0n) is 38.9. The van der Waals surface area contributed by atoms with Crippen molar-refractivity contribution in [3.05, 3.63) is 96.3 Å². The van der Waals surface area contributed by atoms with Gasteiger partial charge in [0.1, 0.15) is 29.7 Å². The van der Waals surface area contributed by atoms with Crippen LogP contribution >= 0.6 is 11.8 Å². The van der Waals surface area contributed by atoms with Gasteiger partial charge >= 0.3 is 12.2 Å². The minimum absolute atomic E-state index is 0.0304. The highest BCUT2D eigenvalue weighted by atomic mass is 32.2. The average molecular weight is 930 g/mol. The number of nitrogens with zero attached hydrogens (tertiary/aromatic N) is 5. The Hall–Kier alpha value is -6.30. The lowest BCUT2D eigenvalue weighted by molar-refractivity contribution is -0.135. The number of ether oxygens (including phenoxy) is 3. The van der Waals surface area contributed by atoms with Gasteiger partial charge in [0.2, 0.25) is 12.1 Å². The lowest BCUT2D eigenvalue weighted by atomic mass is 10.0. The molecule has 3 aromatic carbocycles. The molecule has 6 atom stereocenters. The summed E-state index contributed by atoms with van der Waals surface area (Å²) in [6, 6.07) is 21.6. The van der Waals surface area contributed by atoms with E-state index in [9.17, 15) is 19.5 Å². The molecule has 3 aromatic heterocycles. The maximum absolute atomic E-state index is 13.8. The van der Waals surface area contributed by atoms with Gasteiger partial charge in [0.05, 0.1) is 67.3 Å². The van der Waals surface area contributed by atoms with Crippen molar-refractivity contribution in [2.24, 2.45) is 11.8 Å². The average Bonchev–Trinajstić information content (AvgIpc) is 4.20. The first-order valence-corrected chi connectivity index (χ1v) is 24.2. The molecule has 0 radical (unpaired) electrons. The van der Waals surface area contributed by atoms with Crippen LogP contribution in [0.15, 0.2) is 84.0 Å². The monoisotopic (exact) mass is 929 g/mol. The summed E-state index contributed by atoms with van der Waals surface area (Å²) < 4.78 is 19.0. The topological polar surface area (TPSA) is 192 Å². The highest BCUT2D eigenvalue weighted by Crippen LogP contribution is 2.47. The number of hydrogen-bond donors (Lipinski definition) is 5. The smallest absolute Gasteiger partial charge is 0.407 e. The molecule has 352 valence electrons. The molecule has 3 aliphatic rings. The molecular formula is C50H59N9O7S. The molecule has 3 aliphatic heterocycles. The number of benzene rings is 3. The van der Waals surface area contributed by atoms with E-state index in [1.54, 1.807) is 11.8 Å². The number of imidazole rings is 2. The Balaban J connectivity index is 1.02. The van der Waals surface area contributed by atoms with E-state index in [2.05, 4.69) is 98.2 Å². The molecular weight excluding hydrogens is 871 g/mol. The molecule has 5 N–H and O–H groups in total. The molecule has 3 amide bonds. The zero-order chi connectivity index (χ0) is 47.1. The highest BCUT2D eigenvalue weighted by molar-refractivity contribution is 7.98. The first-order chi connectivity index (χ1) is 32.4. The summed E-state index contributed by atoms with van der Waals surface area (Å²) in [7, 11) is 2.62. The van der Waals surface area contributed by atoms with E-state index in [1.807, 2.05) is 49.9 Å². The van der Waals surface area contributed by atoms with E-state index in [4.69, 9.17) is 24.2 Å². The van der Waals surface area contributed by atoms with Crippen LogP contribution in [0.2, 0.25) is 0 Å². The molecule has 17 heteroatoms. The Morgan fingerprint density at radius 3 is 2.19 bits per heavy atom. The zero-order valence-corrected chi connectivity index (χ0v) is 39.7. The maximum atomic E-state index is 13.8. The Bertz CT molecular complexity index is 2780. The summed E-state index contributed by atoms with van der Waals surface area (Å²) in [5.74, 6) is 1.87. The summed E-state index contributed by atoms with van der Waals surface area (Å²) in [6.07, 6.45) is 6.41. The summed E-state index contributed by atoms with van der Waals surface area (Å²) >= 11 is 1.69. The molecule has 0 saturated carbocycles. The minimum Gasteiger partial charge on any atom is -0.465 e. The number of hydrogen-bond acceptors (Lipinski definition) is 11. The maximum Gasteiger partial charge on any atom is 0.407 e. The number of methoxy groups -OCH3 is 2. The van der Waals surface area contributed by atoms with Crippen molar-refractivity contribution in [1.82, 2.24) is 44.9 Å². The summed E-state index contributed by atoms with van der Waals surface area (Å²) in [5, 5.41) is 18.1. The van der Waals surface area contributed by atoms with Crippen LogP contribution in [0.3, 0.4) is 0 Å². The van der Waals surface area contributed by atoms with Crippen LogP contribution in [0.5, 0.6) is 5.75 Å². The van der Waals surface area contributed by atoms with Crippen molar-refractivity contribution in [3.8, 4) is 39.5 Å². The molecule has 6 heterocycles. The molecule has 0 spiro atoms. The van der Waals surface area contributed by atoms with Gasteiger partial charge in [-0.3, -0.25) is 9.69 Å². The standard InChI is InChI=1S/C50H59N9O7S/c1-27(2)42(55-49(62)64-5)46(60)57-19-9-13-38(57)44-51-25-35(53-44)29-16-18-37-32(21-29)23-40-34-17-15-30(24-41(34)66-48(59(37)40)31-11-8-12-33(22-31)67-7)36-26-52-45(54-36)39-14-10-20-58(39)47(61)43(28(3)4)56-50(63)65-6/h8,11-12,15-18,21-28,38-39,42-43,46,48,60H,9-10,13-14,19-20H2,1-7H3,(H,51,53)(H,52,54)(H,55,62)(H,56,63). The van der Waals surface area contributed by atoms with Crippen LogP contribution in [-0.4, -0.2) is 109 Å². The first kappa shape index (κ1) is 45.8. The quantitative estimate of drug-likeness (QED) is 0.0697. The molecule has 16 nitrogen and oxygen atoms in total. The number of aromatic nitrogens is 5. The van der Waals surface area contributed by atoms with Crippen LogP contribution in [0.25, 0.3) is 44.7 Å². The molecule has 0 bridgehead atoms. The number of fused-ring (bicyclic) bond motifs is 5. The lowest BCUT2D eigenvalue weighted by Crippen LogP contribution is -2.54. The van der Waals surface area contributed by atoms with E-state index < -0.39 is 36.7 Å². The number of aliphatic hydroxyl groups is 1. The normalized spacial score (nSPS) is 19.5. The molecule has 2 saturated heterocycles. The SMILES string of the molecule is COC(=O)NC(C(=O)N1CCCC1c1ncc(-c2ccc3c(c2)OC(c2cccc(SC)c2)n2c-3cc3cc(-c4cnc(C5CCCN5C(O)C(NC(=O)OC)C(C)C)[nH]4)ccc32)[nH]1)C(C)C. The van der Waals surface area contributed by atoms with Crippen molar-refractivity contribution < 1.29 is 33.7 Å². The fourth-order valence-corrected chi connectivity index (χ4v) is 10.4. The van der Waals surface area contributed by atoms with Crippen molar-refractivity contribution in [1.29, 1.82) is 0 Å². The fraction of sp³-hybridized carbons (Fsp3) is 0.420. The highest BCUT2D eigenvalue weighted by Gasteiger charge is 2.40. The van der Waals surface area contributed by atoms with Crippen LogP contribution in [-0.2, 0) is 14.3 Å². The molecule has 9 rings (SSSR count). The number of carbonyl (C=O) groups excluding carboxylic acids is 3. The minimum atomic E-state index is -0.922. The van der Waals surface area contributed by atoms with Gasteiger partial charge in [-0.05, 0) is 86.2 Å². The largest absolute Gasteiger partial charge is 0.465 e. The number of carbonyl (C=O) groups is 3. The third-order valence-corrected chi connectivity index (χ3v) is 14.2. The number of likely N-dealkylation sites (tertiary alicyclic amines) is 2. The van der Waals surface area contributed by atoms with Crippen LogP contribution in [0.1, 0.15) is 88.9 Å². The van der Waals surface area contributed by atoms with Crippen LogP contribution in [0.4, 0.5) is 9.59 Å². The molecule has 67 heavy (non-hydrogen) atoms. The van der Waals surface area contributed by atoms with Gasteiger partial charge in [0.15, 0.2) is 0 Å². The molecule has 2 fully saturated rings. The number of aliphatic hydroxyl groups excluding tert-OH is 1. The van der Waals surface area contributed by atoms with E-state index in [-0.39, 0.29) is 29.8 Å². The van der Waals surface area contributed by atoms with Gasteiger partial charge < -0.3 is 49.4 Å². The van der Waals surface area contributed by atoms with Crippen LogP contribution in [0, 0.1) is 11.8 Å². The Morgan fingerprint density at radius 1 is 0.821 bits per heavy atom. The number of amides is 3. The van der Waals surface area contributed by atoms with Crippen LogP contribution < -0.4 is 15.4 Å². The summed E-state index contributed by atoms with van der Waals surface area (Å²) in [5.41, 5.74) is 7.55. The Kier molecular flexibility index (Phi) is 13.1. The number of rotatable bonds is 13. The van der Waals surface area contributed by atoms with Gasteiger partial charge in [-0.25, -0.2) is 19.6 Å². The van der Waals surface area contributed by atoms with Crippen molar-refractivity contribution >= 4 is 40.8 Å².